The van der Waals surface area contributed by atoms with Crippen molar-refractivity contribution in [1.82, 2.24) is 15.5 Å². The van der Waals surface area contributed by atoms with E-state index in [9.17, 15) is 4.79 Å². The molecule has 2 unspecified atom stereocenters. The van der Waals surface area contributed by atoms with Crippen molar-refractivity contribution >= 4 is 35.8 Å². The van der Waals surface area contributed by atoms with Gasteiger partial charge in [0.05, 0.1) is 19.2 Å². The summed E-state index contributed by atoms with van der Waals surface area (Å²) < 4.78 is 5.45. The number of guanidine groups is 1. The molecule has 0 aromatic heterocycles. The molecule has 1 aliphatic heterocycles. The Kier molecular flexibility index (Phi) is 12.8. The van der Waals surface area contributed by atoms with Crippen LogP contribution in [-0.2, 0) is 4.79 Å². The maximum absolute atomic E-state index is 12.2. The molecule has 1 aromatic rings. The van der Waals surface area contributed by atoms with Gasteiger partial charge >= 0.3 is 0 Å². The van der Waals surface area contributed by atoms with Crippen molar-refractivity contribution < 1.29 is 9.53 Å². The zero-order chi connectivity index (χ0) is 21.1. The maximum Gasteiger partial charge on any atom is 0.220 e. The second kappa shape index (κ2) is 14.5. The van der Waals surface area contributed by atoms with Crippen LogP contribution in [0.3, 0.4) is 0 Å². The number of benzene rings is 1. The van der Waals surface area contributed by atoms with E-state index in [1.165, 1.54) is 12.8 Å². The van der Waals surface area contributed by atoms with Crippen LogP contribution in [0.1, 0.15) is 58.1 Å². The molecule has 0 saturated carbocycles. The van der Waals surface area contributed by atoms with Gasteiger partial charge in [-0.15, -0.1) is 24.0 Å². The van der Waals surface area contributed by atoms with Gasteiger partial charge in [0.2, 0.25) is 5.91 Å². The van der Waals surface area contributed by atoms with Crippen LogP contribution in [0, 0.1) is 0 Å². The van der Waals surface area contributed by atoms with E-state index in [1.54, 1.807) is 0 Å². The molecule has 1 heterocycles. The first-order valence-corrected chi connectivity index (χ1v) is 10.8. The number of nitrogens with two attached hydrogens (primary N) is 1. The summed E-state index contributed by atoms with van der Waals surface area (Å²) in [5.74, 6) is 1.35. The highest BCUT2D eigenvalue weighted by Gasteiger charge is 2.22. The highest BCUT2D eigenvalue weighted by molar-refractivity contribution is 14.0. The third-order valence-electron chi connectivity index (χ3n) is 5.33. The summed E-state index contributed by atoms with van der Waals surface area (Å²) in [6, 6.07) is 8.30. The number of likely N-dealkylation sites (tertiary alicyclic amines) is 1. The average molecular weight is 531 g/mol. The lowest BCUT2D eigenvalue weighted by Crippen LogP contribution is -2.36. The second-order valence-electron chi connectivity index (χ2n) is 7.47. The SMILES string of the molecule is CCOc1ccc(C(C)NC(=O)CCCNC(N)=NCC2CCCN2CC)cc1.I. The normalized spacial score (nSPS) is 17.8. The Morgan fingerprint density at radius 3 is 2.73 bits per heavy atom. The summed E-state index contributed by atoms with van der Waals surface area (Å²) in [5, 5.41) is 6.15. The third kappa shape index (κ3) is 9.07. The van der Waals surface area contributed by atoms with E-state index in [0.29, 0.717) is 38.0 Å². The molecule has 1 aliphatic rings. The molecule has 8 heteroatoms. The molecule has 2 rings (SSSR count). The van der Waals surface area contributed by atoms with Gasteiger partial charge in [-0.3, -0.25) is 14.7 Å². The summed E-state index contributed by atoms with van der Waals surface area (Å²) >= 11 is 0. The topological polar surface area (TPSA) is 92.0 Å². The Labute approximate surface area is 198 Å². The van der Waals surface area contributed by atoms with Crippen LogP contribution in [-0.4, -0.2) is 55.6 Å². The monoisotopic (exact) mass is 531 g/mol. The van der Waals surface area contributed by atoms with E-state index in [2.05, 4.69) is 27.4 Å². The van der Waals surface area contributed by atoms with Gasteiger partial charge in [0.1, 0.15) is 5.75 Å². The lowest BCUT2D eigenvalue weighted by molar-refractivity contribution is -0.121. The molecule has 0 spiro atoms. The number of rotatable bonds is 11. The zero-order valence-corrected chi connectivity index (χ0v) is 20.9. The van der Waals surface area contributed by atoms with Crippen molar-refractivity contribution in [2.75, 3.05) is 32.8 Å². The van der Waals surface area contributed by atoms with Gasteiger partial charge in [-0.05, 0) is 63.9 Å². The Hall–Kier alpha value is -1.55. The number of likely N-dealkylation sites (N-methyl/N-ethyl adjacent to an activating group) is 1. The number of carbonyl (C=O) groups excluding carboxylic acids is 1. The number of halogens is 1. The largest absolute Gasteiger partial charge is 0.494 e. The van der Waals surface area contributed by atoms with Gasteiger partial charge < -0.3 is 21.1 Å². The highest BCUT2D eigenvalue weighted by atomic mass is 127. The predicted octanol–water partition coefficient (Wildman–Crippen LogP) is 3.05. The number of hydrogen-bond donors (Lipinski definition) is 3. The first kappa shape index (κ1) is 26.5. The molecule has 1 aromatic carbocycles. The summed E-state index contributed by atoms with van der Waals surface area (Å²) in [4.78, 5) is 19.1. The van der Waals surface area contributed by atoms with E-state index < -0.39 is 0 Å². The number of hydrogen-bond acceptors (Lipinski definition) is 4. The third-order valence-corrected chi connectivity index (χ3v) is 5.33. The Balaban J connectivity index is 0.00000450. The van der Waals surface area contributed by atoms with E-state index in [1.807, 2.05) is 38.1 Å². The fourth-order valence-corrected chi connectivity index (χ4v) is 3.66. The molecule has 1 amide bonds. The number of nitrogens with zero attached hydrogens (tertiary/aromatic N) is 2. The number of nitrogens with one attached hydrogen (secondary N) is 2. The summed E-state index contributed by atoms with van der Waals surface area (Å²) in [6.07, 6.45) is 3.60. The fraction of sp³-hybridized carbons (Fsp3) is 0.636. The molecule has 7 nitrogen and oxygen atoms in total. The fourth-order valence-electron chi connectivity index (χ4n) is 3.66. The van der Waals surface area contributed by atoms with Crippen LogP contribution in [0.15, 0.2) is 29.3 Å². The van der Waals surface area contributed by atoms with E-state index in [0.717, 1.165) is 30.9 Å². The number of carbonyl (C=O) groups is 1. The van der Waals surface area contributed by atoms with Crippen molar-refractivity contribution in [2.24, 2.45) is 10.7 Å². The number of aliphatic imine (C=N–C) groups is 1. The number of ether oxygens (including phenoxy) is 1. The Morgan fingerprint density at radius 1 is 1.33 bits per heavy atom. The maximum atomic E-state index is 12.2. The van der Waals surface area contributed by atoms with Crippen LogP contribution in [0.4, 0.5) is 0 Å². The predicted molar refractivity (Wildman–Crippen MR) is 134 cm³/mol. The minimum absolute atomic E-state index is 0. The molecule has 30 heavy (non-hydrogen) atoms. The zero-order valence-electron chi connectivity index (χ0n) is 18.5. The van der Waals surface area contributed by atoms with E-state index in [4.69, 9.17) is 10.5 Å². The first-order valence-electron chi connectivity index (χ1n) is 10.8. The lowest BCUT2D eigenvalue weighted by atomic mass is 10.1. The molecule has 2 atom stereocenters. The van der Waals surface area contributed by atoms with E-state index in [-0.39, 0.29) is 35.9 Å². The van der Waals surface area contributed by atoms with Gasteiger partial charge in [-0.2, -0.15) is 0 Å². The minimum Gasteiger partial charge on any atom is -0.494 e. The van der Waals surface area contributed by atoms with Gasteiger partial charge in [0.25, 0.3) is 0 Å². The highest BCUT2D eigenvalue weighted by Crippen LogP contribution is 2.18. The average Bonchev–Trinajstić information content (AvgIpc) is 3.18. The summed E-state index contributed by atoms with van der Waals surface area (Å²) in [6.45, 7) is 10.4. The van der Waals surface area contributed by atoms with E-state index >= 15 is 0 Å². The van der Waals surface area contributed by atoms with Crippen molar-refractivity contribution in [2.45, 2.75) is 58.5 Å². The molecule has 1 saturated heterocycles. The van der Waals surface area contributed by atoms with Crippen molar-refractivity contribution in [3.8, 4) is 5.75 Å². The van der Waals surface area contributed by atoms with Gasteiger partial charge in [0.15, 0.2) is 5.96 Å². The smallest absolute Gasteiger partial charge is 0.220 e. The van der Waals surface area contributed by atoms with Crippen molar-refractivity contribution in [3.63, 3.8) is 0 Å². The van der Waals surface area contributed by atoms with Crippen LogP contribution in [0.25, 0.3) is 0 Å². The van der Waals surface area contributed by atoms with Crippen LogP contribution >= 0.6 is 24.0 Å². The molecule has 0 bridgehead atoms. The van der Waals surface area contributed by atoms with Crippen LogP contribution < -0.4 is 21.1 Å². The standard InChI is InChI=1S/C22H37N5O2.HI/c1-4-27-15-7-8-19(27)16-25-22(23)24-14-6-9-21(28)26-17(3)18-10-12-20(13-11-18)29-5-2;/h10-13,17,19H,4-9,14-16H2,1-3H3,(H,26,28)(H3,23,24,25);1H. The molecular formula is C22H38IN5O2. The molecule has 0 aliphatic carbocycles. The van der Waals surface area contributed by atoms with Crippen molar-refractivity contribution in [1.29, 1.82) is 0 Å². The van der Waals surface area contributed by atoms with Gasteiger partial charge in [-0.25, -0.2) is 0 Å². The lowest BCUT2D eigenvalue weighted by Gasteiger charge is -2.21. The van der Waals surface area contributed by atoms with Crippen molar-refractivity contribution in [3.05, 3.63) is 29.8 Å². The molecule has 0 radical (unpaired) electrons. The quantitative estimate of drug-likeness (QED) is 0.177. The minimum atomic E-state index is -0.0364. The summed E-state index contributed by atoms with van der Waals surface area (Å²) in [7, 11) is 0. The molecule has 170 valence electrons. The van der Waals surface area contributed by atoms with Crippen LogP contribution in [0.5, 0.6) is 5.75 Å². The van der Waals surface area contributed by atoms with Crippen LogP contribution in [0.2, 0.25) is 0 Å². The Bertz CT molecular complexity index is 653. The number of amides is 1. The molecule has 1 fully saturated rings. The summed E-state index contributed by atoms with van der Waals surface area (Å²) in [5.41, 5.74) is 7.02. The Morgan fingerprint density at radius 2 is 2.07 bits per heavy atom. The van der Waals surface area contributed by atoms with Gasteiger partial charge in [-0.1, -0.05) is 19.1 Å². The molecule has 4 N–H and O–H groups in total. The first-order chi connectivity index (χ1) is 14.0. The molecular weight excluding hydrogens is 493 g/mol. The second-order valence-corrected chi connectivity index (χ2v) is 7.47. The van der Waals surface area contributed by atoms with Gasteiger partial charge in [0, 0.05) is 19.0 Å².